The Hall–Kier alpha value is -0.690. The van der Waals surface area contributed by atoms with E-state index in [1.807, 2.05) is 0 Å². The molecule has 6 heteroatoms. The fourth-order valence-electron chi connectivity index (χ4n) is 1.41. The highest BCUT2D eigenvalue weighted by atomic mass is 16.3. The monoisotopic (exact) mass is 175 g/mol. The first kappa shape index (κ1) is 9.40. The number of nitrogens with two attached hydrogens (primary N) is 2. The van der Waals surface area contributed by atoms with Crippen LogP contribution in [0.1, 0.15) is 6.42 Å². The molecule has 1 aliphatic heterocycles. The van der Waals surface area contributed by atoms with Crippen LogP contribution in [-0.2, 0) is 4.79 Å². The SMILES string of the molecule is NC(=O)[C@@H]1C[C@@H](O)CN1C(N)O. The van der Waals surface area contributed by atoms with E-state index >= 15 is 0 Å². The smallest absolute Gasteiger partial charge is 0.235 e. The molecule has 1 aliphatic rings. The van der Waals surface area contributed by atoms with Crippen LogP contribution >= 0.6 is 0 Å². The van der Waals surface area contributed by atoms with Crippen molar-refractivity contribution in [2.45, 2.75) is 24.9 Å². The molecule has 0 saturated carbocycles. The van der Waals surface area contributed by atoms with Crippen molar-refractivity contribution in [3.8, 4) is 0 Å². The largest absolute Gasteiger partial charge is 0.392 e. The number of likely N-dealkylation sites (tertiary alicyclic amines) is 1. The first-order valence-corrected chi connectivity index (χ1v) is 3.69. The van der Waals surface area contributed by atoms with Crippen molar-refractivity contribution in [2.75, 3.05) is 6.54 Å². The summed E-state index contributed by atoms with van der Waals surface area (Å²) in [6.45, 7) is 0.186. The van der Waals surface area contributed by atoms with Gasteiger partial charge in [0.25, 0.3) is 0 Å². The van der Waals surface area contributed by atoms with E-state index in [9.17, 15) is 4.79 Å². The van der Waals surface area contributed by atoms with Gasteiger partial charge in [-0.05, 0) is 6.42 Å². The van der Waals surface area contributed by atoms with E-state index in [0.717, 1.165) is 0 Å². The van der Waals surface area contributed by atoms with E-state index in [0.29, 0.717) is 0 Å². The molecule has 0 bridgehead atoms. The van der Waals surface area contributed by atoms with Crippen molar-refractivity contribution in [1.29, 1.82) is 0 Å². The summed E-state index contributed by atoms with van der Waals surface area (Å²) < 4.78 is 0. The molecule has 0 radical (unpaired) electrons. The number of nitrogens with zero attached hydrogens (tertiary/aromatic N) is 1. The lowest BCUT2D eigenvalue weighted by Gasteiger charge is -2.23. The van der Waals surface area contributed by atoms with Gasteiger partial charge in [0.1, 0.15) is 0 Å². The second-order valence-corrected chi connectivity index (χ2v) is 2.92. The second-order valence-electron chi connectivity index (χ2n) is 2.92. The standard InChI is InChI=1S/C6H13N3O3/c7-5(11)4-1-3(10)2-9(4)6(8)12/h3-4,6,10,12H,1-2,8H2,(H2,7,11)/t3-,4+,6?/m1/s1. The molecule has 6 nitrogen and oxygen atoms in total. The number of hydrogen-bond donors (Lipinski definition) is 4. The van der Waals surface area contributed by atoms with Gasteiger partial charge in [0.2, 0.25) is 5.91 Å². The third-order valence-electron chi connectivity index (χ3n) is 1.99. The molecule has 1 fully saturated rings. The van der Waals surface area contributed by atoms with Crippen LogP contribution in [0.5, 0.6) is 0 Å². The maximum absolute atomic E-state index is 10.8. The number of aliphatic hydroxyl groups excluding tert-OH is 2. The summed E-state index contributed by atoms with van der Waals surface area (Å²) in [6.07, 6.45) is -1.64. The molecular weight excluding hydrogens is 162 g/mol. The molecule has 1 unspecified atom stereocenters. The number of aliphatic hydroxyl groups is 2. The summed E-state index contributed by atoms with van der Waals surface area (Å²) in [4.78, 5) is 12.0. The van der Waals surface area contributed by atoms with Gasteiger partial charge in [-0.1, -0.05) is 0 Å². The lowest BCUT2D eigenvalue weighted by Crippen LogP contribution is -2.49. The van der Waals surface area contributed by atoms with Crippen LogP contribution in [-0.4, -0.2) is 46.1 Å². The Morgan fingerprint density at radius 1 is 1.67 bits per heavy atom. The maximum atomic E-state index is 10.8. The minimum Gasteiger partial charge on any atom is -0.392 e. The highest BCUT2D eigenvalue weighted by molar-refractivity contribution is 5.80. The van der Waals surface area contributed by atoms with Crippen molar-refractivity contribution >= 4 is 5.91 Å². The fourth-order valence-corrected chi connectivity index (χ4v) is 1.41. The van der Waals surface area contributed by atoms with Crippen LogP contribution in [0.4, 0.5) is 0 Å². The average molecular weight is 175 g/mol. The summed E-state index contributed by atoms with van der Waals surface area (Å²) in [6, 6.07) is -0.653. The van der Waals surface area contributed by atoms with Crippen LogP contribution in [0, 0.1) is 0 Å². The molecule has 1 heterocycles. The first-order valence-electron chi connectivity index (χ1n) is 3.69. The van der Waals surface area contributed by atoms with E-state index in [1.165, 1.54) is 4.90 Å². The Labute approximate surface area is 69.7 Å². The van der Waals surface area contributed by atoms with Gasteiger partial charge in [-0.15, -0.1) is 0 Å². The predicted octanol–water partition coefficient (Wildman–Crippen LogP) is -2.86. The molecule has 3 atom stereocenters. The third-order valence-corrected chi connectivity index (χ3v) is 1.99. The highest BCUT2D eigenvalue weighted by Crippen LogP contribution is 2.17. The molecule has 1 rings (SSSR count). The van der Waals surface area contributed by atoms with Gasteiger partial charge in [0.15, 0.2) is 6.35 Å². The number of β-amino-alcohol motifs (C(OH)–C–C–N with tert-alkyl or cyclic N) is 1. The van der Waals surface area contributed by atoms with Crippen molar-refractivity contribution < 1.29 is 15.0 Å². The van der Waals surface area contributed by atoms with Crippen molar-refractivity contribution in [3.63, 3.8) is 0 Å². The summed E-state index contributed by atoms with van der Waals surface area (Å²) in [5.74, 6) is -0.573. The van der Waals surface area contributed by atoms with Crippen molar-refractivity contribution in [3.05, 3.63) is 0 Å². The lowest BCUT2D eigenvalue weighted by atomic mass is 10.2. The van der Waals surface area contributed by atoms with Gasteiger partial charge in [-0.25, -0.2) is 0 Å². The Balaban J connectivity index is 2.65. The second kappa shape index (κ2) is 3.36. The Bertz CT molecular complexity index is 185. The van der Waals surface area contributed by atoms with Crippen molar-refractivity contribution in [1.82, 2.24) is 4.90 Å². The third kappa shape index (κ3) is 1.72. The molecule has 0 spiro atoms. The number of primary amides is 1. The van der Waals surface area contributed by atoms with Crippen LogP contribution in [0.3, 0.4) is 0 Å². The van der Waals surface area contributed by atoms with E-state index in [4.69, 9.17) is 21.7 Å². The lowest BCUT2D eigenvalue weighted by molar-refractivity contribution is -0.126. The molecular formula is C6H13N3O3. The molecule has 0 aliphatic carbocycles. The van der Waals surface area contributed by atoms with Gasteiger partial charge >= 0.3 is 0 Å². The van der Waals surface area contributed by atoms with Gasteiger partial charge in [0, 0.05) is 6.54 Å². The number of carbonyl (C=O) groups is 1. The van der Waals surface area contributed by atoms with Gasteiger partial charge in [-0.2, -0.15) is 0 Å². The fraction of sp³-hybridized carbons (Fsp3) is 0.833. The topological polar surface area (TPSA) is 113 Å². The zero-order valence-corrected chi connectivity index (χ0v) is 6.55. The van der Waals surface area contributed by atoms with Gasteiger partial charge in [-0.3, -0.25) is 15.4 Å². The molecule has 0 aromatic heterocycles. The average Bonchev–Trinajstić information content (AvgIpc) is 2.31. The van der Waals surface area contributed by atoms with E-state index < -0.39 is 24.4 Å². The summed E-state index contributed by atoms with van der Waals surface area (Å²) in [7, 11) is 0. The van der Waals surface area contributed by atoms with Gasteiger partial charge in [0.05, 0.1) is 12.1 Å². The molecule has 1 saturated heterocycles. The quantitative estimate of drug-likeness (QED) is 0.337. The Kier molecular flexibility index (Phi) is 2.63. The van der Waals surface area contributed by atoms with E-state index in [1.54, 1.807) is 0 Å². The number of rotatable bonds is 2. The van der Waals surface area contributed by atoms with Gasteiger partial charge < -0.3 is 15.9 Å². The molecule has 70 valence electrons. The normalized spacial score (nSPS) is 33.6. The summed E-state index contributed by atoms with van der Waals surface area (Å²) in [5.41, 5.74) is 10.2. The number of carbonyl (C=O) groups excluding carboxylic acids is 1. The first-order chi connectivity index (χ1) is 5.52. The minimum absolute atomic E-state index is 0.186. The van der Waals surface area contributed by atoms with Crippen LogP contribution in [0.15, 0.2) is 0 Å². The molecule has 6 N–H and O–H groups in total. The van der Waals surface area contributed by atoms with E-state index in [2.05, 4.69) is 0 Å². The summed E-state index contributed by atoms with van der Waals surface area (Å²) >= 11 is 0. The van der Waals surface area contributed by atoms with Crippen LogP contribution < -0.4 is 11.5 Å². The molecule has 0 aromatic carbocycles. The van der Waals surface area contributed by atoms with E-state index in [-0.39, 0.29) is 13.0 Å². The Morgan fingerprint density at radius 2 is 2.25 bits per heavy atom. The molecule has 1 amide bonds. The highest BCUT2D eigenvalue weighted by Gasteiger charge is 2.36. The van der Waals surface area contributed by atoms with Crippen LogP contribution in [0.25, 0.3) is 0 Å². The summed E-state index contributed by atoms with van der Waals surface area (Å²) in [5, 5.41) is 18.1. The maximum Gasteiger partial charge on any atom is 0.235 e. The molecule has 0 aromatic rings. The minimum atomic E-state index is -1.24. The number of hydrogen-bond acceptors (Lipinski definition) is 5. The Morgan fingerprint density at radius 3 is 2.58 bits per heavy atom. The van der Waals surface area contributed by atoms with Crippen LogP contribution in [0.2, 0.25) is 0 Å². The number of amides is 1. The molecule has 12 heavy (non-hydrogen) atoms. The zero-order valence-electron chi connectivity index (χ0n) is 6.55. The van der Waals surface area contributed by atoms with Crippen molar-refractivity contribution in [2.24, 2.45) is 11.5 Å². The predicted molar refractivity (Wildman–Crippen MR) is 40.5 cm³/mol. The zero-order chi connectivity index (χ0) is 9.30.